The molecular weight excluding hydrogens is 254 g/mol. The Hall–Kier alpha value is -1.92. The van der Waals surface area contributed by atoms with Crippen molar-refractivity contribution in [2.45, 2.75) is 12.6 Å². The molecule has 0 spiro atoms. The van der Waals surface area contributed by atoms with Gasteiger partial charge in [0.1, 0.15) is 11.9 Å². The first-order valence-corrected chi connectivity index (χ1v) is 6.81. The number of hydrogen-bond donors (Lipinski definition) is 2. The van der Waals surface area contributed by atoms with Crippen molar-refractivity contribution in [3.63, 3.8) is 0 Å². The average Bonchev–Trinajstić information content (AvgIpc) is 3.00. The molecule has 1 saturated heterocycles. The minimum absolute atomic E-state index is 0.0278. The number of rotatable bonds is 4. The first-order chi connectivity index (χ1) is 9.85. The molecule has 0 amide bonds. The summed E-state index contributed by atoms with van der Waals surface area (Å²) in [6.45, 7) is 3.37. The quantitative estimate of drug-likeness (QED) is 0.882. The van der Waals surface area contributed by atoms with Crippen molar-refractivity contribution < 1.29 is 4.74 Å². The zero-order valence-corrected chi connectivity index (χ0v) is 11.5. The minimum Gasteiger partial charge on any atom is -0.373 e. The van der Waals surface area contributed by atoms with Crippen molar-refractivity contribution in [3.05, 3.63) is 42.1 Å². The highest BCUT2D eigenvalue weighted by molar-refractivity contribution is 5.34. The van der Waals surface area contributed by atoms with Crippen LogP contribution in [-0.4, -0.2) is 46.6 Å². The lowest BCUT2D eigenvalue weighted by Crippen LogP contribution is -2.38. The number of morpholine rings is 1. The second-order valence-electron chi connectivity index (χ2n) is 4.87. The average molecular weight is 273 g/mol. The van der Waals surface area contributed by atoms with Crippen LogP contribution in [0.25, 0.3) is 0 Å². The standard InChI is InChI=1S/C14H19N5O/c1-15-14-4-2-3-12(18-14)13-9-19(5-6-20-13)8-11-7-16-10-17-11/h2-4,7,10,13H,5-6,8-9H2,1H3,(H,15,18)(H,16,17)/t13-/m0/s1. The van der Waals surface area contributed by atoms with Gasteiger partial charge in [-0.05, 0) is 12.1 Å². The molecule has 0 radical (unpaired) electrons. The van der Waals surface area contributed by atoms with E-state index in [0.29, 0.717) is 0 Å². The zero-order valence-electron chi connectivity index (χ0n) is 11.5. The normalized spacial score (nSPS) is 19.9. The summed E-state index contributed by atoms with van der Waals surface area (Å²) in [6, 6.07) is 5.98. The molecule has 0 aromatic carbocycles. The molecule has 0 aliphatic carbocycles. The second-order valence-corrected chi connectivity index (χ2v) is 4.87. The van der Waals surface area contributed by atoms with Gasteiger partial charge < -0.3 is 15.0 Å². The first-order valence-electron chi connectivity index (χ1n) is 6.81. The number of aromatic nitrogens is 3. The summed E-state index contributed by atoms with van der Waals surface area (Å²) in [5.74, 6) is 0.872. The van der Waals surface area contributed by atoms with Gasteiger partial charge in [0.15, 0.2) is 0 Å². The predicted octanol–water partition coefficient (Wildman–Crippen LogP) is 1.42. The van der Waals surface area contributed by atoms with Crippen LogP contribution in [0.1, 0.15) is 17.5 Å². The van der Waals surface area contributed by atoms with Gasteiger partial charge in [0.2, 0.25) is 0 Å². The molecule has 3 rings (SSSR count). The lowest BCUT2D eigenvalue weighted by Gasteiger charge is -2.32. The lowest BCUT2D eigenvalue weighted by molar-refractivity contribution is -0.0352. The number of nitrogens with zero attached hydrogens (tertiary/aromatic N) is 3. The molecule has 2 N–H and O–H groups in total. The highest BCUT2D eigenvalue weighted by Crippen LogP contribution is 2.22. The van der Waals surface area contributed by atoms with E-state index in [0.717, 1.165) is 43.4 Å². The number of nitrogens with one attached hydrogen (secondary N) is 2. The molecular formula is C14H19N5O. The molecule has 20 heavy (non-hydrogen) atoms. The molecule has 1 atom stereocenters. The Morgan fingerprint density at radius 1 is 1.50 bits per heavy atom. The van der Waals surface area contributed by atoms with E-state index in [4.69, 9.17) is 4.74 Å². The largest absolute Gasteiger partial charge is 0.373 e. The summed E-state index contributed by atoms with van der Waals surface area (Å²) in [5, 5.41) is 3.06. The third-order valence-electron chi connectivity index (χ3n) is 3.46. The Bertz CT molecular complexity index is 542. The number of ether oxygens (including phenoxy) is 1. The monoisotopic (exact) mass is 273 g/mol. The van der Waals surface area contributed by atoms with Gasteiger partial charge in [-0.1, -0.05) is 6.07 Å². The van der Waals surface area contributed by atoms with Crippen molar-refractivity contribution in [1.29, 1.82) is 0 Å². The predicted molar refractivity (Wildman–Crippen MR) is 76.3 cm³/mol. The molecule has 1 fully saturated rings. The first kappa shape index (κ1) is 13.1. The molecule has 106 valence electrons. The van der Waals surface area contributed by atoms with E-state index in [1.165, 1.54) is 0 Å². The molecule has 6 nitrogen and oxygen atoms in total. The van der Waals surface area contributed by atoms with Gasteiger partial charge in [0, 0.05) is 38.6 Å². The van der Waals surface area contributed by atoms with E-state index in [-0.39, 0.29) is 6.10 Å². The van der Waals surface area contributed by atoms with Crippen molar-refractivity contribution in [1.82, 2.24) is 19.9 Å². The lowest BCUT2D eigenvalue weighted by atomic mass is 10.2. The fourth-order valence-corrected chi connectivity index (χ4v) is 2.41. The van der Waals surface area contributed by atoms with Crippen LogP contribution in [0.4, 0.5) is 5.82 Å². The third kappa shape index (κ3) is 2.97. The Morgan fingerprint density at radius 2 is 2.45 bits per heavy atom. The Morgan fingerprint density at radius 3 is 3.25 bits per heavy atom. The van der Waals surface area contributed by atoms with E-state index in [1.807, 2.05) is 31.4 Å². The smallest absolute Gasteiger partial charge is 0.126 e. The summed E-state index contributed by atoms with van der Waals surface area (Å²) in [7, 11) is 1.87. The molecule has 0 bridgehead atoms. The van der Waals surface area contributed by atoms with Crippen LogP contribution in [0.3, 0.4) is 0 Å². The van der Waals surface area contributed by atoms with Crippen LogP contribution >= 0.6 is 0 Å². The highest BCUT2D eigenvalue weighted by Gasteiger charge is 2.23. The minimum atomic E-state index is 0.0278. The fourth-order valence-electron chi connectivity index (χ4n) is 2.41. The van der Waals surface area contributed by atoms with Gasteiger partial charge in [-0.2, -0.15) is 0 Å². The SMILES string of the molecule is CNc1cccc([C@@H]2CN(Cc3cnc[nH]3)CCO2)n1. The molecule has 1 aliphatic heterocycles. The topological polar surface area (TPSA) is 66.1 Å². The van der Waals surface area contributed by atoms with Crippen molar-refractivity contribution in [2.75, 3.05) is 32.1 Å². The van der Waals surface area contributed by atoms with Gasteiger partial charge in [-0.3, -0.25) is 4.90 Å². The third-order valence-corrected chi connectivity index (χ3v) is 3.46. The van der Waals surface area contributed by atoms with E-state index in [1.54, 1.807) is 6.33 Å². The second kappa shape index (κ2) is 6.02. The maximum Gasteiger partial charge on any atom is 0.126 e. The van der Waals surface area contributed by atoms with Gasteiger partial charge in [0.05, 0.1) is 18.6 Å². The zero-order chi connectivity index (χ0) is 13.8. The number of hydrogen-bond acceptors (Lipinski definition) is 5. The van der Waals surface area contributed by atoms with E-state index < -0.39 is 0 Å². The van der Waals surface area contributed by atoms with Gasteiger partial charge in [0.25, 0.3) is 0 Å². The highest BCUT2D eigenvalue weighted by atomic mass is 16.5. The Kier molecular flexibility index (Phi) is 3.94. The van der Waals surface area contributed by atoms with E-state index >= 15 is 0 Å². The Balaban J connectivity index is 1.68. The summed E-state index contributed by atoms with van der Waals surface area (Å²) in [5.41, 5.74) is 2.11. The molecule has 2 aromatic rings. The molecule has 2 aromatic heterocycles. The number of imidazole rings is 1. The summed E-state index contributed by atoms with van der Waals surface area (Å²) in [6.07, 6.45) is 3.61. The fraction of sp³-hybridized carbons (Fsp3) is 0.429. The number of aromatic amines is 1. The van der Waals surface area contributed by atoms with E-state index in [9.17, 15) is 0 Å². The number of H-pyrrole nitrogens is 1. The van der Waals surface area contributed by atoms with Gasteiger partial charge in [-0.15, -0.1) is 0 Å². The summed E-state index contributed by atoms with van der Waals surface area (Å²) < 4.78 is 5.86. The summed E-state index contributed by atoms with van der Waals surface area (Å²) in [4.78, 5) is 14.1. The van der Waals surface area contributed by atoms with E-state index in [2.05, 4.69) is 25.2 Å². The molecule has 1 aliphatic rings. The van der Waals surface area contributed by atoms with Gasteiger partial charge >= 0.3 is 0 Å². The van der Waals surface area contributed by atoms with Crippen LogP contribution in [0.15, 0.2) is 30.7 Å². The van der Waals surface area contributed by atoms with Crippen LogP contribution in [-0.2, 0) is 11.3 Å². The maximum atomic E-state index is 5.86. The van der Waals surface area contributed by atoms with Crippen LogP contribution in [0.5, 0.6) is 0 Å². The molecule has 6 heteroatoms. The van der Waals surface area contributed by atoms with Crippen LogP contribution in [0.2, 0.25) is 0 Å². The Labute approximate surface area is 118 Å². The molecule has 0 saturated carbocycles. The van der Waals surface area contributed by atoms with Crippen molar-refractivity contribution >= 4 is 5.82 Å². The van der Waals surface area contributed by atoms with Crippen molar-refractivity contribution in [3.8, 4) is 0 Å². The van der Waals surface area contributed by atoms with Crippen LogP contribution in [0, 0.1) is 0 Å². The number of anilines is 1. The summed E-state index contributed by atoms with van der Waals surface area (Å²) >= 11 is 0. The number of pyridine rings is 1. The maximum absolute atomic E-state index is 5.86. The molecule has 3 heterocycles. The molecule has 0 unspecified atom stereocenters. The van der Waals surface area contributed by atoms with Crippen molar-refractivity contribution in [2.24, 2.45) is 0 Å². The van der Waals surface area contributed by atoms with Crippen LogP contribution < -0.4 is 5.32 Å². The van der Waals surface area contributed by atoms with Gasteiger partial charge in [-0.25, -0.2) is 9.97 Å².